The molecule has 0 aromatic heterocycles. The number of hydrogen-bond acceptors (Lipinski definition) is 4. The maximum absolute atomic E-state index is 13.1. The number of urea groups is 1. The molecule has 4 amide bonds. The van der Waals surface area contributed by atoms with Crippen molar-refractivity contribution in [1.82, 2.24) is 5.32 Å². The Bertz CT molecular complexity index is 1060. The Morgan fingerprint density at radius 2 is 1.87 bits per heavy atom. The van der Waals surface area contributed by atoms with Gasteiger partial charge in [-0.25, -0.2) is 9.69 Å². The monoisotopic (exact) mass is 403 g/mol. The highest BCUT2D eigenvalue weighted by atomic mass is 16.2. The summed E-state index contributed by atoms with van der Waals surface area (Å²) in [5.41, 5.74) is 4.43. The molecule has 1 fully saturated rings. The van der Waals surface area contributed by atoms with Crippen molar-refractivity contribution in [2.75, 3.05) is 22.9 Å². The second kappa shape index (κ2) is 8.14. The SMILES string of the molecule is CCCCN1CCc2cc(/C=C3\C(=O)NC(=O)N(c4ccccc4C)C3=O)ccc21. The van der Waals surface area contributed by atoms with Gasteiger partial charge in [-0.05, 0) is 60.7 Å². The Hall–Kier alpha value is -3.41. The molecule has 0 radical (unpaired) electrons. The van der Waals surface area contributed by atoms with Crippen LogP contribution in [0.2, 0.25) is 0 Å². The molecular weight excluding hydrogens is 378 g/mol. The van der Waals surface area contributed by atoms with Gasteiger partial charge in [0.05, 0.1) is 5.69 Å². The normalized spacial score (nSPS) is 17.5. The molecule has 2 aromatic carbocycles. The molecule has 30 heavy (non-hydrogen) atoms. The zero-order valence-electron chi connectivity index (χ0n) is 17.3. The maximum atomic E-state index is 13.1. The summed E-state index contributed by atoms with van der Waals surface area (Å²) in [6, 6.07) is 12.4. The zero-order chi connectivity index (χ0) is 21.3. The van der Waals surface area contributed by atoms with Crippen LogP contribution in [0, 0.1) is 6.92 Å². The molecule has 0 spiro atoms. The van der Waals surface area contributed by atoms with Crippen molar-refractivity contribution in [3.05, 3.63) is 64.7 Å². The topological polar surface area (TPSA) is 69.7 Å². The van der Waals surface area contributed by atoms with Gasteiger partial charge in [0.1, 0.15) is 5.57 Å². The summed E-state index contributed by atoms with van der Waals surface area (Å²) >= 11 is 0. The van der Waals surface area contributed by atoms with Crippen molar-refractivity contribution in [2.24, 2.45) is 0 Å². The standard InChI is InChI=1S/C24H25N3O3/c1-3-4-12-26-13-11-18-14-17(9-10-21(18)26)15-19-22(28)25-24(30)27(23(19)29)20-8-6-5-7-16(20)2/h5-10,14-15H,3-4,11-13H2,1-2H3,(H,25,28,30)/b19-15+. The molecule has 6 heteroatoms. The van der Waals surface area contributed by atoms with E-state index in [1.54, 1.807) is 18.2 Å². The number of barbiturate groups is 1. The number of nitrogens with zero attached hydrogens (tertiary/aromatic N) is 2. The molecule has 0 bridgehead atoms. The molecule has 2 aromatic rings. The molecule has 2 aliphatic heterocycles. The van der Waals surface area contributed by atoms with Crippen LogP contribution >= 0.6 is 0 Å². The average Bonchev–Trinajstić information content (AvgIpc) is 3.13. The molecule has 6 nitrogen and oxygen atoms in total. The lowest BCUT2D eigenvalue weighted by molar-refractivity contribution is -0.122. The van der Waals surface area contributed by atoms with E-state index in [4.69, 9.17) is 0 Å². The minimum atomic E-state index is -0.725. The van der Waals surface area contributed by atoms with E-state index in [1.165, 1.54) is 11.3 Å². The zero-order valence-corrected chi connectivity index (χ0v) is 17.3. The molecule has 0 aliphatic carbocycles. The van der Waals surface area contributed by atoms with Gasteiger partial charge in [0, 0.05) is 18.8 Å². The van der Waals surface area contributed by atoms with Crippen molar-refractivity contribution in [2.45, 2.75) is 33.1 Å². The number of rotatable bonds is 5. The fourth-order valence-corrected chi connectivity index (χ4v) is 4.02. The number of benzene rings is 2. The van der Waals surface area contributed by atoms with Gasteiger partial charge in [-0.15, -0.1) is 0 Å². The van der Waals surface area contributed by atoms with Gasteiger partial charge < -0.3 is 4.90 Å². The van der Waals surface area contributed by atoms with Gasteiger partial charge in [-0.1, -0.05) is 37.6 Å². The lowest BCUT2D eigenvalue weighted by Gasteiger charge is -2.27. The van der Waals surface area contributed by atoms with Gasteiger partial charge in [0.25, 0.3) is 11.8 Å². The molecule has 0 unspecified atom stereocenters. The molecule has 0 saturated carbocycles. The molecule has 2 aliphatic rings. The number of hydrogen-bond donors (Lipinski definition) is 1. The highest BCUT2D eigenvalue weighted by Gasteiger charge is 2.37. The smallest absolute Gasteiger partial charge is 0.335 e. The van der Waals surface area contributed by atoms with Crippen LogP contribution in [-0.4, -0.2) is 30.9 Å². The van der Waals surface area contributed by atoms with Crippen LogP contribution in [0.5, 0.6) is 0 Å². The highest BCUT2D eigenvalue weighted by molar-refractivity contribution is 6.39. The predicted molar refractivity (Wildman–Crippen MR) is 117 cm³/mol. The van der Waals surface area contributed by atoms with Crippen LogP contribution in [0.25, 0.3) is 6.08 Å². The summed E-state index contributed by atoms with van der Waals surface area (Å²) in [5.74, 6) is -1.27. The van der Waals surface area contributed by atoms with E-state index in [0.717, 1.165) is 48.4 Å². The molecule has 4 rings (SSSR count). The first-order valence-corrected chi connectivity index (χ1v) is 10.3. The van der Waals surface area contributed by atoms with Crippen molar-refractivity contribution < 1.29 is 14.4 Å². The second-order valence-corrected chi connectivity index (χ2v) is 7.72. The summed E-state index contributed by atoms with van der Waals surface area (Å²) in [7, 11) is 0. The average molecular weight is 403 g/mol. The van der Waals surface area contributed by atoms with E-state index >= 15 is 0 Å². The maximum Gasteiger partial charge on any atom is 0.335 e. The third-order valence-corrected chi connectivity index (χ3v) is 5.65. The second-order valence-electron chi connectivity index (χ2n) is 7.72. The van der Waals surface area contributed by atoms with Crippen molar-refractivity contribution in [3.63, 3.8) is 0 Å². The number of para-hydroxylation sites is 1. The Kier molecular flexibility index (Phi) is 5.40. The molecule has 0 atom stereocenters. The summed E-state index contributed by atoms with van der Waals surface area (Å²) in [6.45, 7) is 6.03. The highest BCUT2D eigenvalue weighted by Crippen LogP contribution is 2.30. The van der Waals surface area contributed by atoms with Gasteiger partial charge in [0.2, 0.25) is 0 Å². The van der Waals surface area contributed by atoms with Gasteiger partial charge in [-0.2, -0.15) is 0 Å². The molecule has 154 valence electrons. The van der Waals surface area contributed by atoms with E-state index in [2.05, 4.69) is 23.2 Å². The minimum Gasteiger partial charge on any atom is -0.371 e. The summed E-state index contributed by atoms with van der Waals surface area (Å²) in [4.78, 5) is 41.3. The third-order valence-electron chi connectivity index (χ3n) is 5.65. The largest absolute Gasteiger partial charge is 0.371 e. The van der Waals surface area contributed by atoms with Crippen LogP contribution in [0.15, 0.2) is 48.0 Å². The molecule has 1 N–H and O–H groups in total. The van der Waals surface area contributed by atoms with E-state index in [0.29, 0.717) is 5.69 Å². The third kappa shape index (κ3) is 3.61. The number of nitrogens with one attached hydrogen (secondary N) is 1. The predicted octanol–water partition coefficient (Wildman–Crippen LogP) is 3.82. The molecular formula is C24H25N3O3. The Balaban J connectivity index is 1.65. The fraction of sp³-hybridized carbons (Fsp3) is 0.292. The number of imide groups is 2. The summed E-state index contributed by atoms with van der Waals surface area (Å²) in [5, 5.41) is 2.29. The molecule has 2 heterocycles. The Labute approximate surface area is 176 Å². The van der Waals surface area contributed by atoms with Gasteiger partial charge >= 0.3 is 6.03 Å². The number of amides is 4. The van der Waals surface area contributed by atoms with E-state index in [1.807, 2.05) is 31.2 Å². The first kappa shape index (κ1) is 19.9. The fourth-order valence-electron chi connectivity index (χ4n) is 4.02. The quantitative estimate of drug-likeness (QED) is 0.609. The van der Waals surface area contributed by atoms with Crippen LogP contribution in [0.3, 0.4) is 0 Å². The lowest BCUT2D eigenvalue weighted by atomic mass is 10.0. The van der Waals surface area contributed by atoms with E-state index in [9.17, 15) is 14.4 Å². The number of aryl methyl sites for hydroxylation is 1. The van der Waals surface area contributed by atoms with Crippen LogP contribution in [-0.2, 0) is 16.0 Å². The number of carbonyl (C=O) groups excluding carboxylic acids is 3. The Morgan fingerprint density at radius 3 is 2.63 bits per heavy atom. The van der Waals surface area contributed by atoms with Crippen molar-refractivity contribution in [3.8, 4) is 0 Å². The van der Waals surface area contributed by atoms with Crippen LogP contribution in [0.1, 0.15) is 36.5 Å². The summed E-state index contributed by atoms with van der Waals surface area (Å²) < 4.78 is 0. The van der Waals surface area contributed by atoms with E-state index in [-0.39, 0.29) is 5.57 Å². The number of fused-ring (bicyclic) bond motifs is 1. The lowest BCUT2D eigenvalue weighted by Crippen LogP contribution is -2.54. The van der Waals surface area contributed by atoms with Crippen LogP contribution in [0.4, 0.5) is 16.2 Å². The van der Waals surface area contributed by atoms with Crippen molar-refractivity contribution >= 4 is 35.3 Å². The van der Waals surface area contributed by atoms with E-state index < -0.39 is 17.8 Å². The molecule has 1 saturated heterocycles. The number of anilines is 2. The van der Waals surface area contributed by atoms with Crippen molar-refractivity contribution in [1.29, 1.82) is 0 Å². The number of unbranched alkanes of at least 4 members (excludes halogenated alkanes) is 1. The Morgan fingerprint density at radius 1 is 1.07 bits per heavy atom. The summed E-state index contributed by atoms with van der Waals surface area (Å²) in [6.07, 6.45) is 4.83. The number of carbonyl (C=O) groups is 3. The van der Waals surface area contributed by atoms with Gasteiger partial charge in [0.15, 0.2) is 0 Å². The first-order valence-electron chi connectivity index (χ1n) is 10.3. The minimum absolute atomic E-state index is 0.0429. The van der Waals surface area contributed by atoms with Crippen LogP contribution < -0.4 is 15.1 Å². The van der Waals surface area contributed by atoms with Gasteiger partial charge in [-0.3, -0.25) is 14.9 Å². The first-order chi connectivity index (χ1) is 14.5.